The van der Waals surface area contributed by atoms with E-state index < -0.39 is 0 Å². The van der Waals surface area contributed by atoms with Crippen LogP contribution < -0.4 is 4.74 Å². The van der Waals surface area contributed by atoms with Crippen molar-refractivity contribution in [3.05, 3.63) is 24.0 Å². The van der Waals surface area contributed by atoms with Gasteiger partial charge in [-0.05, 0) is 39.8 Å². The highest BCUT2D eigenvalue weighted by atomic mass is 35.5. The lowest BCUT2D eigenvalue weighted by molar-refractivity contribution is 0.392. The van der Waals surface area contributed by atoms with E-state index in [4.69, 9.17) is 16.3 Å². The van der Waals surface area contributed by atoms with Gasteiger partial charge in [0.25, 0.3) is 0 Å². The monoisotopic (exact) mass is 266 g/mol. The number of alkyl halides is 1. The minimum absolute atomic E-state index is 0.0698. The van der Waals surface area contributed by atoms with E-state index in [-0.39, 0.29) is 10.9 Å². The molecule has 3 nitrogen and oxygen atoms in total. The summed E-state index contributed by atoms with van der Waals surface area (Å²) in [6.07, 6.45) is 0. The van der Waals surface area contributed by atoms with E-state index in [1.807, 2.05) is 25.1 Å². The van der Waals surface area contributed by atoms with Crippen LogP contribution in [0.4, 0.5) is 0 Å². The van der Waals surface area contributed by atoms with E-state index in [9.17, 15) is 0 Å². The summed E-state index contributed by atoms with van der Waals surface area (Å²) in [5.41, 5.74) is 1.94. The number of nitrogens with zero attached hydrogens (tertiary/aromatic N) is 2. The highest BCUT2D eigenvalue weighted by molar-refractivity contribution is 6.20. The molecule has 0 saturated carbocycles. The van der Waals surface area contributed by atoms with Gasteiger partial charge < -0.3 is 9.30 Å². The maximum absolute atomic E-state index is 6.24. The Bertz CT molecular complexity index is 567. The van der Waals surface area contributed by atoms with Gasteiger partial charge >= 0.3 is 0 Å². The molecule has 0 radical (unpaired) electrons. The van der Waals surface area contributed by atoms with E-state index in [2.05, 4.69) is 30.3 Å². The first-order valence-corrected chi connectivity index (χ1v) is 6.49. The summed E-state index contributed by atoms with van der Waals surface area (Å²) >= 11 is 6.24. The maximum atomic E-state index is 6.24. The number of hydrogen-bond donors (Lipinski definition) is 0. The molecule has 1 unspecified atom stereocenters. The molecule has 0 amide bonds. The van der Waals surface area contributed by atoms with Crippen molar-refractivity contribution in [3.63, 3.8) is 0 Å². The summed E-state index contributed by atoms with van der Waals surface area (Å²) in [5, 5.41) is -0.123. The fraction of sp³-hybridized carbons (Fsp3) is 0.500. The van der Waals surface area contributed by atoms with Crippen LogP contribution in [0, 0.1) is 0 Å². The van der Waals surface area contributed by atoms with Gasteiger partial charge in [-0.2, -0.15) is 0 Å². The Morgan fingerprint density at radius 3 is 2.50 bits per heavy atom. The van der Waals surface area contributed by atoms with Crippen LogP contribution in [0.5, 0.6) is 5.75 Å². The second kappa shape index (κ2) is 4.47. The third-order valence-corrected chi connectivity index (χ3v) is 3.11. The fourth-order valence-corrected chi connectivity index (χ4v) is 2.32. The predicted octanol–water partition coefficient (Wildman–Crippen LogP) is 4.10. The van der Waals surface area contributed by atoms with E-state index in [0.29, 0.717) is 0 Å². The lowest BCUT2D eigenvalue weighted by Crippen LogP contribution is -2.24. The quantitative estimate of drug-likeness (QED) is 0.765. The van der Waals surface area contributed by atoms with Gasteiger partial charge in [0.2, 0.25) is 0 Å². The van der Waals surface area contributed by atoms with Gasteiger partial charge in [-0.3, -0.25) is 0 Å². The van der Waals surface area contributed by atoms with Crippen LogP contribution in [0.1, 0.15) is 38.9 Å². The van der Waals surface area contributed by atoms with E-state index in [1.165, 1.54) is 0 Å². The van der Waals surface area contributed by atoms with Crippen molar-refractivity contribution < 1.29 is 4.74 Å². The Morgan fingerprint density at radius 1 is 1.33 bits per heavy atom. The average molecular weight is 267 g/mol. The molecule has 0 aliphatic carbocycles. The lowest BCUT2D eigenvalue weighted by atomic mass is 10.1. The van der Waals surface area contributed by atoms with Crippen LogP contribution in [0.3, 0.4) is 0 Å². The third kappa shape index (κ3) is 2.19. The Morgan fingerprint density at radius 2 is 2.00 bits per heavy atom. The van der Waals surface area contributed by atoms with Crippen molar-refractivity contribution in [1.82, 2.24) is 9.55 Å². The third-order valence-electron chi connectivity index (χ3n) is 2.91. The van der Waals surface area contributed by atoms with E-state index >= 15 is 0 Å². The van der Waals surface area contributed by atoms with Gasteiger partial charge in [-0.1, -0.05) is 0 Å². The number of hydrogen-bond acceptors (Lipinski definition) is 2. The van der Waals surface area contributed by atoms with Crippen LogP contribution in [-0.2, 0) is 5.54 Å². The van der Waals surface area contributed by atoms with Crippen molar-refractivity contribution in [2.45, 2.75) is 38.6 Å². The summed E-state index contributed by atoms with van der Waals surface area (Å²) in [4.78, 5) is 4.63. The van der Waals surface area contributed by atoms with Gasteiger partial charge in [-0.25, -0.2) is 4.98 Å². The zero-order valence-corrected chi connectivity index (χ0v) is 12.2. The molecule has 0 aliphatic rings. The topological polar surface area (TPSA) is 27.1 Å². The molecular weight excluding hydrogens is 248 g/mol. The molecule has 0 aliphatic heterocycles. The number of fused-ring (bicyclic) bond motifs is 1. The highest BCUT2D eigenvalue weighted by Gasteiger charge is 2.23. The van der Waals surface area contributed by atoms with Gasteiger partial charge in [0.1, 0.15) is 11.6 Å². The summed E-state index contributed by atoms with van der Waals surface area (Å²) < 4.78 is 7.47. The van der Waals surface area contributed by atoms with Crippen LogP contribution in [0.25, 0.3) is 11.0 Å². The van der Waals surface area contributed by atoms with Gasteiger partial charge in [-0.15, -0.1) is 11.6 Å². The zero-order valence-electron chi connectivity index (χ0n) is 11.5. The molecule has 2 rings (SSSR count). The molecule has 1 aromatic carbocycles. The summed E-state index contributed by atoms with van der Waals surface area (Å²) in [6, 6.07) is 5.90. The number of methoxy groups -OCH3 is 1. The zero-order chi connectivity index (χ0) is 13.5. The Hall–Kier alpha value is -1.22. The molecule has 4 heteroatoms. The van der Waals surface area contributed by atoms with Crippen molar-refractivity contribution in [2.75, 3.05) is 7.11 Å². The molecule has 0 bridgehead atoms. The standard InChI is InChI=1S/C14H19ClN2O/c1-9(15)13-16-11-7-6-10(18-5)8-12(11)17(13)14(2,3)4/h6-9H,1-5H3. The van der Waals surface area contributed by atoms with Crippen LogP contribution in [0.15, 0.2) is 18.2 Å². The lowest BCUT2D eigenvalue weighted by Gasteiger charge is -2.25. The Balaban J connectivity index is 2.79. The molecule has 0 N–H and O–H groups in total. The molecule has 1 atom stereocenters. The van der Waals surface area contributed by atoms with E-state index in [0.717, 1.165) is 22.6 Å². The second-order valence-corrected chi connectivity index (χ2v) is 6.10. The summed E-state index contributed by atoms with van der Waals surface area (Å²) in [5.74, 6) is 1.73. The number of halogens is 1. The second-order valence-electron chi connectivity index (χ2n) is 5.45. The smallest absolute Gasteiger partial charge is 0.128 e. The van der Waals surface area contributed by atoms with Crippen LogP contribution >= 0.6 is 11.6 Å². The number of ether oxygens (including phenoxy) is 1. The van der Waals surface area contributed by atoms with E-state index in [1.54, 1.807) is 7.11 Å². The van der Waals surface area contributed by atoms with Crippen molar-refractivity contribution in [3.8, 4) is 5.75 Å². The Labute approximate surface area is 113 Å². The normalized spacial score (nSPS) is 13.9. The molecule has 1 heterocycles. The molecule has 18 heavy (non-hydrogen) atoms. The molecule has 0 saturated heterocycles. The summed E-state index contributed by atoms with van der Waals surface area (Å²) in [7, 11) is 1.67. The Kier molecular flexibility index (Phi) is 3.28. The minimum Gasteiger partial charge on any atom is -0.497 e. The highest BCUT2D eigenvalue weighted by Crippen LogP contribution is 2.32. The summed E-state index contributed by atoms with van der Waals surface area (Å²) in [6.45, 7) is 8.39. The molecule has 98 valence electrons. The molecule has 0 spiro atoms. The first-order chi connectivity index (χ1) is 8.34. The number of aromatic nitrogens is 2. The maximum Gasteiger partial charge on any atom is 0.128 e. The number of rotatable bonds is 2. The molecule has 2 aromatic rings. The average Bonchev–Trinajstić information content (AvgIpc) is 2.66. The molecule has 0 fully saturated rings. The van der Waals surface area contributed by atoms with Crippen LogP contribution in [0.2, 0.25) is 0 Å². The van der Waals surface area contributed by atoms with Gasteiger partial charge in [0.15, 0.2) is 0 Å². The molecular formula is C14H19ClN2O. The first kappa shape index (κ1) is 13.2. The van der Waals surface area contributed by atoms with Crippen molar-refractivity contribution >= 4 is 22.6 Å². The largest absolute Gasteiger partial charge is 0.497 e. The predicted molar refractivity (Wildman–Crippen MR) is 75.5 cm³/mol. The minimum atomic E-state index is -0.123. The first-order valence-electron chi connectivity index (χ1n) is 6.05. The van der Waals surface area contributed by atoms with Gasteiger partial charge in [0.05, 0.1) is 23.5 Å². The van der Waals surface area contributed by atoms with Gasteiger partial charge in [0, 0.05) is 11.6 Å². The molecule has 1 aromatic heterocycles. The number of benzene rings is 1. The fourth-order valence-electron chi connectivity index (χ4n) is 2.17. The van der Waals surface area contributed by atoms with Crippen LogP contribution in [-0.4, -0.2) is 16.7 Å². The van der Waals surface area contributed by atoms with Crippen molar-refractivity contribution in [2.24, 2.45) is 0 Å². The van der Waals surface area contributed by atoms with Crippen molar-refractivity contribution in [1.29, 1.82) is 0 Å². The number of imidazole rings is 1. The SMILES string of the molecule is COc1ccc2nc(C(C)Cl)n(C(C)(C)C)c2c1.